The molecule has 0 saturated heterocycles. The Balaban J connectivity index is 0.000000363. The number of aliphatic carboxylic acids is 1. The third-order valence-corrected chi connectivity index (χ3v) is 5.48. The van der Waals surface area contributed by atoms with E-state index in [0.29, 0.717) is 13.0 Å². The zero-order chi connectivity index (χ0) is 25.6. The molecular weight excluding hydrogens is 495 g/mol. The van der Waals surface area contributed by atoms with Crippen molar-refractivity contribution in [2.45, 2.75) is 31.6 Å². The van der Waals surface area contributed by atoms with Gasteiger partial charge in [0.2, 0.25) is 0 Å². The van der Waals surface area contributed by atoms with Crippen molar-refractivity contribution in [3.63, 3.8) is 0 Å². The van der Waals surface area contributed by atoms with E-state index < -0.39 is 5.97 Å². The predicted molar refractivity (Wildman–Crippen MR) is 136 cm³/mol. The second kappa shape index (κ2) is 17.9. The molecule has 0 aliphatic heterocycles. The summed E-state index contributed by atoms with van der Waals surface area (Å²) in [4.78, 5) is 22.7. The van der Waals surface area contributed by atoms with Crippen LogP contribution in [0.4, 0.5) is 0 Å². The Bertz CT molecular complexity index is 1120. The summed E-state index contributed by atoms with van der Waals surface area (Å²) in [6.07, 6.45) is 6.88. The number of benzene rings is 2. The van der Waals surface area contributed by atoms with Crippen molar-refractivity contribution >= 4 is 11.9 Å². The minimum absolute atomic E-state index is 0. The molecule has 0 aliphatic rings. The summed E-state index contributed by atoms with van der Waals surface area (Å²) in [6.45, 7) is 2.21. The molecule has 38 heavy (non-hydrogen) atoms. The van der Waals surface area contributed by atoms with Gasteiger partial charge in [-0.15, -0.1) is 0 Å². The van der Waals surface area contributed by atoms with Crippen LogP contribution in [-0.4, -0.2) is 49.5 Å². The van der Waals surface area contributed by atoms with Gasteiger partial charge >= 0.3 is 41.5 Å². The van der Waals surface area contributed by atoms with Gasteiger partial charge in [0, 0.05) is 24.2 Å². The molecule has 2 unspecified atom stereocenters. The van der Waals surface area contributed by atoms with Gasteiger partial charge in [-0.3, -0.25) is 9.59 Å². The van der Waals surface area contributed by atoms with Gasteiger partial charge in [0.05, 0.1) is 31.8 Å². The van der Waals surface area contributed by atoms with Crippen LogP contribution in [0.3, 0.4) is 0 Å². The number of hydrogen-bond donors (Lipinski definition) is 1. The minimum Gasteiger partial charge on any atom is -0.870 e. The summed E-state index contributed by atoms with van der Waals surface area (Å²) in [5.74, 6) is -1.25. The van der Waals surface area contributed by atoms with Crippen molar-refractivity contribution in [3.8, 4) is 0 Å². The summed E-state index contributed by atoms with van der Waals surface area (Å²) >= 11 is 0. The quantitative estimate of drug-likeness (QED) is 0.254. The number of aromatic nitrogens is 4. The van der Waals surface area contributed by atoms with Gasteiger partial charge < -0.3 is 15.3 Å². The van der Waals surface area contributed by atoms with Crippen LogP contribution in [0.1, 0.15) is 53.9 Å². The summed E-state index contributed by atoms with van der Waals surface area (Å²) in [5.41, 5.74) is 3.88. The van der Waals surface area contributed by atoms with Crippen LogP contribution in [0.5, 0.6) is 0 Å². The Morgan fingerprint density at radius 1 is 0.711 bits per heavy atom. The summed E-state index contributed by atoms with van der Waals surface area (Å²) in [7, 11) is 0. The van der Waals surface area contributed by atoms with Crippen LogP contribution in [0.2, 0.25) is 0 Å². The van der Waals surface area contributed by atoms with E-state index in [1.807, 2.05) is 73.7 Å². The van der Waals surface area contributed by atoms with Crippen LogP contribution < -0.4 is 29.6 Å². The first-order valence-corrected chi connectivity index (χ1v) is 11.6. The van der Waals surface area contributed by atoms with E-state index >= 15 is 0 Å². The minimum atomic E-state index is -0.823. The van der Waals surface area contributed by atoms with E-state index in [9.17, 15) is 9.59 Å². The molecule has 0 fully saturated rings. The predicted octanol–water partition coefficient (Wildman–Crippen LogP) is 1.47. The second-order valence-corrected chi connectivity index (χ2v) is 7.89. The van der Waals surface area contributed by atoms with E-state index in [1.165, 1.54) is 0 Å². The van der Waals surface area contributed by atoms with E-state index in [1.54, 1.807) is 30.9 Å². The maximum atomic E-state index is 11.7. The van der Waals surface area contributed by atoms with Gasteiger partial charge in [-0.2, -0.15) is 20.4 Å². The molecule has 10 heteroatoms. The first-order valence-electron chi connectivity index (χ1n) is 11.6. The van der Waals surface area contributed by atoms with E-state index in [4.69, 9.17) is 9.84 Å². The normalized spacial score (nSPS) is 11.3. The molecule has 0 spiro atoms. The number of ether oxygens (including phenoxy) is 1. The molecule has 0 amide bonds. The van der Waals surface area contributed by atoms with Crippen LogP contribution >= 0.6 is 0 Å². The van der Waals surface area contributed by atoms with Crippen LogP contribution in [0, 0.1) is 0 Å². The zero-order valence-electron chi connectivity index (χ0n) is 21.4. The topological polar surface area (TPSA) is 145 Å². The van der Waals surface area contributed by atoms with Crippen molar-refractivity contribution in [1.82, 2.24) is 20.4 Å². The maximum absolute atomic E-state index is 11.7. The third-order valence-electron chi connectivity index (χ3n) is 5.48. The van der Waals surface area contributed by atoms with Gasteiger partial charge in [0.25, 0.3) is 0 Å². The molecule has 9 nitrogen and oxygen atoms in total. The summed E-state index contributed by atoms with van der Waals surface area (Å²) < 4.78 is 5.04. The molecule has 0 aliphatic carbocycles. The van der Waals surface area contributed by atoms with Crippen molar-refractivity contribution in [2.24, 2.45) is 0 Å². The first kappa shape index (κ1) is 32.5. The molecule has 192 valence electrons. The molecule has 2 heterocycles. The number of hydrogen-bond acceptors (Lipinski definition) is 8. The molecule has 0 bridgehead atoms. The Kier molecular flexibility index (Phi) is 15.3. The molecule has 4 rings (SSSR count). The SMILES string of the molecule is CCOC(=O)CC(c1ccccc1)c1ccnnc1.O=C(O)CC(c1ccccc1)c1ccnnc1.[Na+].[OH-]. The molecule has 0 radical (unpaired) electrons. The monoisotopic (exact) mass is 524 g/mol. The number of esters is 1. The van der Waals surface area contributed by atoms with Gasteiger partial charge in [0.15, 0.2) is 0 Å². The van der Waals surface area contributed by atoms with Crippen LogP contribution in [-0.2, 0) is 14.3 Å². The summed E-state index contributed by atoms with van der Waals surface area (Å²) in [5, 5.41) is 24.1. The van der Waals surface area contributed by atoms with Crippen LogP contribution in [0.15, 0.2) is 97.6 Å². The molecule has 0 saturated carbocycles. The van der Waals surface area contributed by atoms with Gasteiger partial charge in [-0.05, 0) is 41.3 Å². The third kappa shape index (κ3) is 10.5. The van der Waals surface area contributed by atoms with Gasteiger partial charge in [-0.1, -0.05) is 60.7 Å². The van der Waals surface area contributed by atoms with Crippen molar-refractivity contribution in [1.29, 1.82) is 0 Å². The Hall–Kier alpha value is -3.50. The van der Waals surface area contributed by atoms with E-state index in [0.717, 1.165) is 22.3 Å². The Labute approximate surface area is 243 Å². The van der Waals surface area contributed by atoms with Crippen molar-refractivity contribution in [3.05, 3.63) is 120 Å². The summed E-state index contributed by atoms with van der Waals surface area (Å²) in [6, 6.07) is 23.1. The maximum Gasteiger partial charge on any atom is 1.00 e. The number of nitrogens with zero attached hydrogens (tertiary/aromatic N) is 4. The van der Waals surface area contributed by atoms with Gasteiger partial charge in [-0.25, -0.2) is 0 Å². The fourth-order valence-electron chi connectivity index (χ4n) is 3.80. The number of carboxylic acid groups (broad SMARTS) is 1. The molecule has 2 atom stereocenters. The fourth-order valence-corrected chi connectivity index (χ4v) is 3.80. The number of carboxylic acids is 1. The van der Waals surface area contributed by atoms with Crippen molar-refractivity contribution in [2.75, 3.05) is 6.61 Å². The number of carbonyl (C=O) groups excluding carboxylic acids is 1. The van der Waals surface area contributed by atoms with Crippen molar-refractivity contribution < 1.29 is 54.5 Å². The average molecular weight is 525 g/mol. The molecular formula is C28H29N4NaO5. The molecule has 2 N–H and O–H groups in total. The van der Waals surface area contributed by atoms with Gasteiger partial charge in [0.1, 0.15) is 0 Å². The molecule has 2 aromatic heterocycles. The van der Waals surface area contributed by atoms with E-state index in [-0.39, 0.29) is 59.3 Å². The average Bonchev–Trinajstić information content (AvgIpc) is 2.93. The molecule has 4 aromatic rings. The standard InChI is InChI=1S/C15H16N2O2.C13H12N2O2.Na.H2O/c1-2-19-15(18)10-14(12-6-4-3-5-7-12)13-8-9-16-17-11-13;16-13(17)8-12(10-4-2-1-3-5-10)11-6-7-14-15-9-11;;/h3-9,11,14H,2,10H2,1H3;1-7,9,12H,8H2,(H,16,17);;1H2/q;;+1;/p-1. The smallest absolute Gasteiger partial charge is 0.870 e. The van der Waals surface area contributed by atoms with Crippen LogP contribution in [0.25, 0.3) is 0 Å². The number of carbonyl (C=O) groups is 2. The fraction of sp³-hybridized carbons (Fsp3) is 0.214. The Morgan fingerprint density at radius 3 is 1.53 bits per heavy atom. The number of rotatable bonds is 9. The Morgan fingerprint density at radius 2 is 1.16 bits per heavy atom. The largest absolute Gasteiger partial charge is 1.00 e. The zero-order valence-corrected chi connectivity index (χ0v) is 23.4. The first-order chi connectivity index (χ1) is 17.6. The van der Waals surface area contributed by atoms with E-state index in [2.05, 4.69) is 20.4 Å². The second-order valence-electron chi connectivity index (χ2n) is 7.89. The molecule has 2 aromatic carbocycles.